The molecule has 88 valence electrons. The fraction of sp³-hybridized carbons (Fsp3) is 0.455. The highest BCUT2D eigenvalue weighted by Crippen LogP contribution is 2.30. The summed E-state index contributed by atoms with van der Waals surface area (Å²) in [6.45, 7) is 3.79. The van der Waals surface area contributed by atoms with E-state index in [0.717, 1.165) is 22.5 Å². The van der Waals surface area contributed by atoms with Crippen molar-refractivity contribution in [2.45, 2.75) is 26.7 Å². The first-order valence-electron chi connectivity index (χ1n) is 5.02. The molecule has 1 N–H and O–H groups in total. The van der Waals surface area contributed by atoms with Crippen LogP contribution in [-0.2, 0) is 17.6 Å². The zero-order valence-electron chi connectivity index (χ0n) is 9.49. The summed E-state index contributed by atoms with van der Waals surface area (Å²) in [6.07, 6.45) is 1.25. The molecule has 0 saturated heterocycles. The van der Waals surface area contributed by atoms with Gasteiger partial charge >= 0.3 is 11.9 Å². The smallest absolute Gasteiger partial charge is 0.348 e. The quantitative estimate of drug-likeness (QED) is 0.823. The lowest BCUT2D eigenvalue weighted by atomic mass is 10.0. The number of esters is 1. The molecule has 1 aromatic rings. The van der Waals surface area contributed by atoms with Gasteiger partial charge in [-0.2, -0.15) is 0 Å². The van der Waals surface area contributed by atoms with E-state index in [0.29, 0.717) is 17.7 Å². The second-order valence-electron chi connectivity index (χ2n) is 3.22. The lowest BCUT2D eigenvalue weighted by Crippen LogP contribution is -2.03. The Labute approximate surface area is 97.9 Å². The van der Waals surface area contributed by atoms with E-state index < -0.39 is 11.9 Å². The van der Waals surface area contributed by atoms with Gasteiger partial charge in [0.05, 0.1) is 7.11 Å². The Hall–Kier alpha value is -1.36. The minimum absolute atomic E-state index is 0.250. The Morgan fingerprint density at radius 3 is 2.06 bits per heavy atom. The Morgan fingerprint density at radius 1 is 1.19 bits per heavy atom. The van der Waals surface area contributed by atoms with Gasteiger partial charge < -0.3 is 9.84 Å². The molecule has 1 rings (SSSR count). The van der Waals surface area contributed by atoms with Crippen LogP contribution in [0.3, 0.4) is 0 Å². The summed E-state index contributed by atoms with van der Waals surface area (Å²) in [5.41, 5.74) is 1.55. The van der Waals surface area contributed by atoms with Gasteiger partial charge in [-0.3, -0.25) is 0 Å². The monoisotopic (exact) mass is 242 g/mol. The van der Waals surface area contributed by atoms with E-state index in [-0.39, 0.29) is 4.88 Å². The van der Waals surface area contributed by atoms with Crippen molar-refractivity contribution < 1.29 is 19.4 Å². The lowest BCUT2D eigenvalue weighted by Gasteiger charge is -2.01. The highest BCUT2D eigenvalue weighted by molar-refractivity contribution is 7.16. The van der Waals surface area contributed by atoms with Gasteiger partial charge in [-0.25, -0.2) is 9.59 Å². The van der Waals surface area contributed by atoms with Crippen LogP contribution < -0.4 is 0 Å². The summed E-state index contributed by atoms with van der Waals surface area (Å²) in [5.74, 6) is -1.43. The standard InChI is InChI=1S/C11H14O4S/c1-4-6-7(5-2)9(11(14)15-3)16-8(6)10(12)13/h4-5H2,1-3H3,(H,12,13). The molecule has 0 fully saturated rings. The van der Waals surface area contributed by atoms with Crippen molar-refractivity contribution in [3.05, 3.63) is 20.9 Å². The van der Waals surface area contributed by atoms with Gasteiger partial charge in [0.2, 0.25) is 0 Å². The van der Waals surface area contributed by atoms with Crippen LogP contribution >= 0.6 is 11.3 Å². The number of carboxylic acid groups (broad SMARTS) is 1. The van der Waals surface area contributed by atoms with E-state index in [9.17, 15) is 9.59 Å². The Balaban J connectivity index is 3.40. The minimum Gasteiger partial charge on any atom is -0.477 e. The van der Waals surface area contributed by atoms with Gasteiger partial charge in [0, 0.05) is 0 Å². The van der Waals surface area contributed by atoms with E-state index in [1.54, 1.807) is 0 Å². The highest BCUT2D eigenvalue weighted by atomic mass is 32.1. The average molecular weight is 242 g/mol. The van der Waals surface area contributed by atoms with Crippen molar-refractivity contribution in [1.82, 2.24) is 0 Å². The van der Waals surface area contributed by atoms with E-state index in [1.807, 2.05) is 13.8 Å². The first-order valence-corrected chi connectivity index (χ1v) is 5.84. The molecule has 0 atom stereocenters. The summed E-state index contributed by atoms with van der Waals surface area (Å²) in [5, 5.41) is 9.04. The first-order chi connectivity index (χ1) is 7.56. The van der Waals surface area contributed by atoms with Crippen LogP contribution in [0.15, 0.2) is 0 Å². The Bertz CT molecular complexity index is 420. The Kier molecular flexibility index (Phi) is 4.06. The lowest BCUT2D eigenvalue weighted by molar-refractivity contribution is 0.0604. The normalized spacial score (nSPS) is 10.2. The number of carboxylic acids is 1. The number of carbonyl (C=O) groups is 2. The number of rotatable bonds is 4. The Morgan fingerprint density at radius 2 is 1.69 bits per heavy atom. The van der Waals surface area contributed by atoms with Gasteiger partial charge in [0.1, 0.15) is 9.75 Å². The summed E-state index contributed by atoms with van der Waals surface area (Å²) in [6, 6.07) is 0. The van der Waals surface area contributed by atoms with E-state index >= 15 is 0 Å². The number of hydrogen-bond donors (Lipinski definition) is 1. The van der Waals surface area contributed by atoms with Crippen LogP contribution in [0.1, 0.15) is 44.3 Å². The zero-order valence-corrected chi connectivity index (χ0v) is 10.3. The van der Waals surface area contributed by atoms with Crippen LogP contribution in [0.2, 0.25) is 0 Å². The molecule has 0 bridgehead atoms. The summed E-state index contributed by atoms with van der Waals surface area (Å²) < 4.78 is 4.65. The third-order valence-corrected chi connectivity index (χ3v) is 3.63. The molecule has 0 spiro atoms. The van der Waals surface area contributed by atoms with Crippen LogP contribution in [0.5, 0.6) is 0 Å². The predicted octanol–water partition coefficient (Wildman–Crippen LogP) is 2.36. The third-order valence-electron chi connectivity index (χ3n) is 2.39. The molecule has 0 aliphatic carbocycles. The van der Waals surface area contributed by atoms with Crippen molar-refractivity contribution in [2.24, 2.45) is 0 Å². The van der Waals surface area contributed by atoms with Crippen molar-refractivity contribution in [1.29, 1.82) is 0 Å². The van der Waals surface area contributed by atoms with Crippen LogP contribution in [0, 0.1) is 0 Å². The fourth-order valence-electron chi connectivity index (χ4n) is 1.68. The molecule has 0 amide bonds. The molecular formula is C11H14O4S. The maximum atomic E-state index is 11.5. The zero-order chi connectivity index (χ0) is 12.3. The topological polar surface area (TPSA) is 63.6 Å². The second-order valence-corrected chi connectivity index (χ2v) is 4.24. The molecule has 4 nitrogen and oxygen atoms in total. The van der Waals surface area contributed by atoms with Gasteiger partial charge in [-0.1, -0.05) is 13.8 Å². The molecule has 1 aromatic heterocycles. The van der Waals surface area contributed by atoms with Crippen molar-refractivity contribution in [3.63, 3.8) is 0 Å². The number of methoxy groups -OCH3 is 1. The number of ether oxygens (including phenoxy) is 1. The first kappa shape index (κ1) is 12.7. The molecule has 0 radical (unpaired) electrons. The number of hydrogen-bond acceptors (Lipinski definition) is 4. The summed E-state index contributed by atoms with van der Waals surface area (Å²) in [4.78, 5) is 23.2. The van der Waals surface area contributed by atoms with Gasteiger partial charge in [-0.05, 0) is 24.0 Å². The molecule has 5 heteroatoms. The third kappa shape index (κ3) is 2.09. The molecule has 0 aliphatic rings. The van der Waals surface area contributed by atoms with Gasteiger partial charge in [0.25, 0.3) is 0 Å². The largest absolute Gasteiger partial charge is 0.477 e. The fourth-order valence-corrected chi connectivity index (χ4v) is 2.92. The number of carbonyl (C=O) groups excluding carboxylic acids is 1. The van der Waals surface area contributed by atoms with Crippen molar-refractivity contribution in [3.8, 4) is 0 Å². The molecule has 0 saturated carbocycles. The highest BCUT2D eigenvalue weighted by Gasteiger charge is 2.24. The van der Waals surface area contributed by atoms with Crippen LogP contribution in [0.25, 0.3) is 0 Å². The molecule has 0 unspecified atom stereocenters. The van der Waals surface area contributed by atoms with Gasteiger partial charge in [-0.15, -0.1) is 11.3 Å². The number of thiophene rings is 1. The maximum Gasteiger partial charge on any atom is 0.348 e. The van der Waals surface area contributed by atoms with Crippen molar-refractivity contribution in [2.75, 3.05) is 7.11 Å². The van der Waals surface area contributed by atoms with Crippen LogP contribution in [-0.4, -0.2) is 24.2 Å². The minimum atomic E-state index is -0.980. The second kappa shape index (κ2) is 5.12. The number of aromatic carboxylic acids is 1. The van der Waals surface area contributed by atoms with Crippen molar-refractivity contribution >= 4 is 23.3 Å². The summed E-state index contributed by atoms with van der Waals surface area (Å²) in [7, 11) is 1.30. The molecule has 1 heterocycles. The molecule has 0 aliphatic heterocycles. The predicted molar refractivity (Wildman–Crippen MR) is 61.4 cm³/mol. The summed E-state index contributed by atoms with van der Waals surface area (Å²) >= 11 is 1.00. The van der Waals surface area contributed by atoms with Crippen LogP contribution in [0.4, 0.5) is 0 Å². The van der Waals surface area contributed by atoms with E-state index in [1.165, 1.54) is 7.11 Å². The van der Waals surface area contributed by atoms with E-state index in [2.05, 4.69) is 4.74 Å². The SMILES string of the molecule is CCc1c(C(=O)O)sc(C(=O)OC)c1CC. The molecular weight excluding hydrogens is 228 g/mol. The maximum absolute atomic E-state index is 11.5. The molecule has 16 heavy (non-hydrogen) atoms. The average Bonchev–Trinajstić information content (AvgIpc) is 2.66. The van der Waals surface area contributed by atoms with Gasteiger partial charge in [0.15, 0.2) is 0 Å². The van der Waals surface area contributed by atoms with E-state index in [4.69, 9.17) is 5.11 Å². The molecule has 0 aromatic carbocycles.